The molecular formula is C20H19F3N4O3S2. The molecule has 3 rings (SSSR count). The molecule has 2 N–H and O–H groups in total. The normalized spacial score (nSPS) is 12.2. The summed E-state index contributed by atoms with van der Waals surface area (Å²) in [7, 11) is 1.59. The van der Waals surface area contributed by atoms with Crippen LogP contribution in [0.1, 0.15) is 12.5 Å². The van der Waals surface area contributed by atoms with Gasteiger partial charge in [0.05, 0.1) is 12.4 Å². The van der Waals surface area contributed by atoms with Crippen LogP contribution in [0.15, 0.2) is 52.9 Å². The third-order valence-corrected chi connectivity index (χ3v) is 6.04. The molecule has 1 atom stereocenters. The van der Waals surface area contributed by atoms with Gasteiger partial charge in [0.2, 0.25) is 11.0 Å². The minimum absolute atomic E-state index is 0.143. The molecule has 7 nitrogen and oxygen atoms in total. The average Bonchev–Trinajstić information content (AvgIpc) is 3.19. The first-order valence-corrected chi connectivity index (χ1v) is 10.9. The minimum atomic E-state index is -4.74. The number of rotatable bonds is 9. The summed E-state index contributed by atoms with van der Waals surface area (Å²) in [5.74, 6) is 0.289. The Hall–Kier alpha value is -2.99. The van der Waals surface area contributed by atoms with Gasteiger partial charge in [0.25, 0.3) is 0 Å². The highest BCUT2D eigenvalue weighted by molar-refractivity contribution is 8.02. The molecule has 0 bridgehead atoms. The monoisotopic (exact) mass is 484 g/mol. The molecule has 0 spiro atoms. The number of amides is 1. The van der Waals surface area contributed by atoms with Gasteiger partial charge in [-0.1, -0.05) is 35.2 Å². The van der Waals surface area contributed by atoms with Gasteiger partial charge in [0.1, 0.15) is 11.5 Å². The first-order valence-electron chi connectivity index (χ1n) is 9.25. The smallest absolute Gasteiger partial charge is 0.497 e. The van der Waals surface area contributed by atoms with E-state index in [2.05, 4.69) is 25.6 Å². The molecule has 0 aliphatic heterocycles. The number of anilines is 2. The van der Waals surface area contributed by atoms with Gasteiger partial charge in [-0.3, -0.25) is 4.79 Å². The maximum Gasteiger partial charge on any atom is 0.573 e. The standard InChI is InChI=1S/C20H19F3N4O3S2/c1-12(17(28)24-11-13-3-7-15(29-2)8-4-13)31-19-27-26-18(32-19)25-14-5-9-16(10-6-14)30-20(21,22)23/h3-10,12H,11H2,1-2H3,(H,24,28)(H,25,26). The summed E-state index contributed by atoms with van der Waals surface area (Å²) in [6.45, 7) is 2.16. The number of hydrogen-bond acceptors (Lipinski definition) is 8. The number of benzene rings is 2. The van der Waals surface area contributed by atoms with Crippen molar-refractivity contribution in [2.45, 2.75) is 29.4 Å². The molecule has 12 heteroatoms. The third kappa shape index (κ3) is 7.31. The van der Waals surface area contributed by atoms with E-state index in [1.54, 1.807) is 14.0 Å². The molecule has 170 valence electrons. The minimum Gasteiger partial charge on any atom is -0.497 e. The van der Waals surface area contributed by atoms with Crippen LogP contribution >= 0.6 is 23.1 Å². The Morgan fingerprint density at radius 1 is 1.09 bits per heavy atom. The Bertz CT molecular complexity index is 1030. The number of carbonyl (C=O) groups is 1. The van der Waals surface area contributed by atoms with E-state index in [0.29, 0.717) is 21.7 Å². The summed E-state index contributed by atoms with van der Waals surface area (Å²) < 4.78 is 46.2. The number of nitrogens with zero attached hydrogens (tertiary/aromatic N) is 2. The van der Waals surface area contributed by atoms with Crippen LogP contribution in [0.25, 0.3) is 0 Å². The lowest BCUT2D eigenvalue weighted by Crippen LogP contribution is -2.30. The number of ether oxygens (including phenoxy) is 2. The molecule has 1 unspecified atom stereocenters. The van der Waals surface area contributed by atoms with E-state index in [-0.39, 0.29) is 11.7 Å². The van der Waals surface area contributed by atoms with Crippen molar-refractivity contribution in [1.29, 1.82) is 0 Å². The highest BCUT2D eigenvalue weighted by Gasteiger charge is 2.31. The molecule has 0 aliphatic carbocycles. The maximum absolute atomic E-state index is 12.4. The number of halogens is 3. The van der Waals surface area contributed by atoms with E-state index in [1.165, 1.54) is 47.4 Å². The Morgan fingerprint density at radius 2 is 1.75 bits per heavy atom. The van der Waals surface area contributed by atoms with Crippen LogP contribution in [-0.2, 0) is 11.3 Å². The average molecular weight is 485 g/mol. The summed E-state index contributed by atoms with van der Waals surface area (Å²) in [6, 6.07) is 12.7. The van der Waals surface area contributed by atoms with Crippen LogP contribution in [0.5, 0.6) is 11.5 Å². The topological polar surface area (TPSA) is 85.4 Å². The van der Waals surface area contributed by atoms with Gasteiger partial charge in [-0.05, 0) is 48.9 Å². The fourth-order valence-electron chi connectivity index (χ4n) is 2.45. The zero-order chi connectivity index (χ0) is 23.1. The van der Waals surface area contributed by atoms with Gasteiger partial charge < -0.3 is 20.1 Å². The molecule has 0 saturated heterocycles. The number of carbonyl (C=O) groups excluding carboxylic acids is 1. The third-order valence-electron chi connectivity index (χ3n) is 4.02. The lowest BCUT2D eigenvalue weighted by Gasteiger charge is -2.10. The summed E-state index contributed by atoms with van der Waals surface area (Å²) in [6.07, 6.45) is -4.74. The first-order chi connectivity index (χ1) is 15.2. The lowest BCUT2D eigenvalue weighted by atomic mass is 10.2. The second-order valence-corrected chi connectivity index (χ2v) is 8.96. The zero-order valence-corrected chi connectivity index (χ0v) is 18.6. The number of alkyl halides is 3. The molecule has 1 aromatic heterocycles. The van der Waals surface area contributed by atoms with Crippen molar-refractivity contribution in [3.8, 4) is 11.5 Å². The Balaban J connectivity index is 1.48. The largest absolute Gasteiger partial charge is 0.573 e. The second-order valence-electron chi connectivity index (χ2n) is 6.40. The van der Waals surface area contributed by atoms with E-state index in [9.17, 15) is 18.0 Å². The van der Waals surface area contributed by atoms with Gasteiger partial charge in [-0.25, -0.2) is 0 Å². The molecule has 0 aliphatic rings. The van der Waals surface area contributed by atoms with Crippen molar-refractivity contribution >= 4 is 39.8 Å². The summed E-state index contributed by atoms with van der Waals surface area (Å²) in [5, 5.41) is 13.9. The van der Waals surface area contributed by atoms with Crippen molar-refractivity contribution in [1.82, 2.24) is 15.5 Å². The first kappa shape index (κ1) is 23.7. The van der Waals surface area contributed by atoms with Gasteiger partial charge in [0.15, 0.2) is 4.34 Å². The van der Waals surface area contributed by atoms with Gasteiger partial charge in [-0.15, -0.1) is 23.4 Å². The number of aromatic nitrogens is 2. The van der Waals surface area contributed by atoms with Crippen LogP contribution in [0.2, 0.25) is 0 Å². The second kappa shape index (κ2) is 10.6. The van der Waals surface area contributed by atoms with Crippen molar-refractivity contribution < 1.29 is 27.4 Å². The Morgan fingerprint density at radius 3 is 2.38 bits per heavy atom. The molecule has 1 amide bonds. The van der Waals surface area contributed by atoms with E-state index in [4.69, 9.17) is 4.74 Å². The van der Waals surface area contributed by atoms with Crippen LogP contribution in [0.3, 0.4) is 0 Å². The predicted octanol–water partition coefficient (Wildman–Crippen LogP) is 4.99. The molecule has 32 heavy (non-hydrogen) atoms. The molecule has 2 aromatic carbocycles. The molecule has 0 saturated carbocycles. The zero-order valence-electron chi connectivity index (χ0n) is 17.0. The molecular weight excluding hydrogens is 465 g/mol. The number of hydrogen-bond donors (Lipinski definition) is 2. The molecule has 3 aromatic rings. The van der Waals surface area contributed by atoms with Gasteiger partial charge in [0, 0.05) is 12.2 Å². The number of nitrogens with one attached hydrogen (secondary N) is 2. The van der Waals surface area contributed by atoms with Crippen molar-refractivity contribution in [2.24, 2.45) is 0 Å². The van der Waals surface area contributed by atoms with Crippen LogP contribution in [0.4, 0.5) is 24.0 Å². The van der Waals surface area contributed by atoms with E-state index in [1.807, 2.05) is 24.3 Å². The van der Waals surface area contributed by atoms with Crippen LogP contribution < -0.4 is 20.1 Å². The Kier molecular flexibility index (Phi) is 7.80. The fourth-order valence-corrected chi connectivity index (χ4v) is 4.39. The maximum atomic E-state index is 12.4. The fraction of sp³-hybridized carbons (Fsp3) is 0.250. The number of methoxy groups -OCH3 is 1. The highest BCUT2D eigenvalue weighted by atomic mass is 32.2. The Labute approximate surface area is 190 Å². The lowest BCUT2D eigenvalue weighted by molar-refractivity contribution is -0.274. The van der Waals surface area contributed by atoms with Crippen LogP contribution in [-0.4, -0.2) is 34.8 Å². The predicted molar refractivity (Wildman–Crippen MR) is 116 cm³/mol. The van der Waals surface area contributed by atoms with Crippen molar-refractivity contribution in [3.63, 3.8) is 0 Å². The highest BCUT2D eigenvalue weighted by Crippen LogP contribution is 2.31. The SMILES string of the molecule is COc1ccc(CNC(=O)C(C)Sc2nnc(Nc3ccc(OC(F)(F)F)cc3)s2)cc1. The summed E-state index contributed by atoms with van der Waals surface area (Å²) in [5.41, 5.74) is 1.47. The quantitative estimate of drug-likeness (QED) is 0.414. The summed E-state index contributed by atoms with van der Waals surface area (Å²) >= 11 is 2.49. The van der Waals surface area contributed by atoms with Gasteiger partial charge in [-0.2, -0.15) is 0 Å². The van der Waals surface area contributed by atoms with Crippen LogP contribution in [0, 0.1) is 0 Å². The van der Waals surface area contributed by atoms with Gasteiger partial charge >= 0.3 is 6.36 Å². The molecule has 0 fully saturated rings. The van der Waals surface area contributed by atoms with E-state index in [0.717, 1.165) is 11.3 Å². The van der Waals surface area contributed by atoms with Crippen molar-refractivity contribution in [2.75, 3.05) is 12.4 Å². The number of thioether (sulfide) groups is 1. The van der Waals surface area contributed by atoms with Crippen molar-refractivity contribution in [3.05, 3.63) is 54.1 Å². The van der Waals surface area contributed by atoms with E-state index < -0.39 is 11.6 Å². The van der Waals surface area contributed by atoms with E-state index >= 15 is 0 Å². The summed E-state index contributed by atoms with van der Waals surface area (Å²) in [4.78, 5) is 12.4. The molecule has 1 heterocycles. The molecule has 0 radical (unpaired) electrons.